The molecule has 0 saturated heterocycles. The Morgan fingerprint density at radius 1 is 1.00 bits per heavy atom. The minimum absolute atomic E-state index is 0.262. The van der Waals surface area contributed by atoms with Crippen LogP contribution in [-0.2, 0) is 16.0 Å². The molecule has 0 heterocycles. The Balaban J connectivity index is 1.99. The van der Waals surface area contributed by atoms with Gasteiger partial charge in [0.2, 0.25) is 0 Å². The third-order valence-corrected chi connectivity index (χ3v) is 3.40. The third kappa shape index (κ3) is 6.87. The summed E-state index contributed by atoms with van der Waals surface area (Å²) in [5.74, 6) is 5.73. The van der Waals surface area contributed by atoms with Crippen molar-refractivity contribution in [1.29, 1.82) is 0 Å². The van der Waals surface area contributed by atoms with Gasteiger partial charge >= 0.3 is 5.97 Å². The molecule has 5 nitrogen and oxygen atoms in total. The summed E-state index contributed by atoms with van der Waals surface area (Å²) in [4.78, 5) is 15.3. The van der Waals surface area contributed by atoms with E-state index >= 15 is 0 Å². The number of benzene rings is 2. The van der Waals surface area contributed by atoms with E-state index in [4.69, 9.17) is 4.74 Å². The van der Waals surface area contributed by atoms with Crippen molar-refractivity contribution in [2.75, 3.05) is 7.11 Å². The minimum Gasteiger partial charge on any atom is -0.595 e. The van der Waals surface area contributed by atoms with Crippen LogP contribution in [0, 0.1) is 11.8 Å². The first-order chi connectivity index (χ1) is 12.8. The molecule has 2 aromatic rings. The zero-order valence-electron chi connectivity index (χ0n) is 15.9. The van der Waals surface area contributed by atoms with Gasteiger partial charge in [-0.1, -0.05) is 44.7 Å². The van der Waals surface area contributed by atoms with Crippen LogP contribution in [0.15, 0.2) is 53.5 Å². The smallest absolute Gasteiger partial charge is 0.337 e. The van der Waals surface area contributed by atoms with Gasteiger partial charge in [0.25, 0.3) is 0 Å². The maximum atomic E-state index is 11.6. The second kappa shape index (κ2) is 8.91. The third-order valence-electron chi connectivity index (χ3n) is 3.40. The lowest BCUT2D eigenvalue weighted by atomic mass is 10.1. The Bertz CT molecular complexity index is 864. The second-order valence-electron chi connectivity index (χ2n) is 6.81. The van der Waals surface area contributed by atoms with Crippen molar-refractivity contribution in [3.63, 3.8) is 0 Å². The van der Waals surface area contributed by atoms with Gasteiger partial charge in [0.05, 0.1) is 19.2 Å². The largest absolute Gasteiger partial charge is 0.595 e. The molecule has 2 rings (SSSR count). The molecule has 0 aromatic heterocycles. The Morgan fingerprint density at radius 3 is 2.00 bits per heavy atom. The Kier molecular flexibility index (Phi) is 6.62. The van der Waals surface area contributed by atoms with E-state index in [9.17, 15) is 9.90 Å². The number of carbonyl (C=O) groups excluding carboxylic acids is 1. The summed E-state index contributed by atoms with van der Waals surface area (Å²) >= 11 is 0. The van der Waals surface area contributed by atoms with Gasteiger partial charge in [-0.25, -0.2) is 4.79 Å². The lowest BCUT2D eigenvalue weighted by Crippen LogP contribution is -2.31. The zero-order chi connectivity index (χ0) is 19.9. The Labute approximate surface area is 159 Å². The van der Waals surface area contributed by atoms with Crippen LogP contribution in [0.4, 0.5) is 0 Å². The van der Waals surface area contributed by atoms with Crippen LogP contribution in [0.1, 0.15) is 47.8 Å². The highest BCUT2D eigenvalue weighted by Crippen LogP contribution is 2.09. The summed E-state index contributed by atoms with van der Waals surface area (Å²) in [6.07, 6.45) is -0.568. The molecule has 0 aliphatic heterocycles. The minimum atomic E-state index is -0.568. The first-order valence-corrected chi connectivity index (χ1v) is 8.46. The molecule has 0 fully saturated rings. The van der Waals surface area contributed by atoms with Crippen molar-refractivity contribution >= 4 is 12.1 Å². The van der Waals surface area contributed by atoms with Crippen molar-refractivity contribution in [2.24, 2.45) is 4.99 Å². The molecule has 0 atom stereocenters. The van der Waals surface area contributed by atoms with Gasteiger partial charge in [-0.3, -0.25) is 4.99 Å². The van der Waals surface area contributed by atoms with Crippen molar-refractivity contribution < 1.29 is 19.4 Å². The molecule has 0 radical (unpaired) electrons. The molecular weight excluding hydrogens is 342 g/mol. The molecule has 0 aliphatic carbocycles. The first-order valence-electron chi connectivity index (χ1n) is 8.46. The van der Waals surface area contributed by atoms with E-state index in [0.717, 1.165) is 16.7 Å². The van der Waals surface area contributed by atoms with E-state index in [-0.39, 0.29) is 12.5 Å². The van der Waals surface area contributed by atoms with E-state index in [0.29, 0.717) is 5.56 Å². The van der Waals surface area contributed by atoms with Crippen molar-refractivity contribution in [1.82, 2.24) is 0 Å². The van der Waals surface area contributed by atoms with Crippen LogP contribution in [0.3, 0.4) is 0 Å². The zero-order valence-corrected chi connectivity index (χ0v) is 15.9. The summed E-state index contributed by atoms with van der Waals surface area (Å²) in [7, 11) is 1.35. The normalized spacial score (nSPS) is 11.3. The average Bonchev–Trinajstić information content (AvgIpc) is 2.64. The Morgan fingerprint density at radius 2 is 1.52 bits per heavy atom. The van der Waals surface area contributed by atoms with E-state index in [2.05, 4.69) is 21.6 Å². The molecule has 140 valence electrons. The van der Waals surface area contributed by atoms with Crippen molar-refractivity contribution in [3.8, 4) is 11.8 Å². The molecule has 0 aliphatic rings. The highest BCUT2D eigenvalue weighted by atomic mass is 16.6. The molecule has 0 bridgehead atoms. The van der Waals surface area contributed by atoms with Crippen molar-refractivity contribution in [2.45, 2.75) is 32.9 Å². The quantitative estimate of drug-likeness (QED) is 0.363. The molecule has 0 N–H and O–H groups in total. The summed E-state index contributed by atoms with van der Waals surface area (Å²) in [5, 5.41) is 11.6. The number of hydrogen-bond donors (Lipinski definition) is 0. The van der Waals surface area contributed by atoms with E-state index in [1.54, 1.807) is 45.0 Å². The average molecular weight is 364 g/mol. The fraction of sp³-hybridized carbons (Fsp3) is 0.273. The van der Waals surface area contributed by atoms with Crippen LogP contribution >= 0.6 is 0 Å². The van der Waals surface area contributed by atoms with Gasteiger partial charge in [-0.15, -0.1) is 0 Å². The number of esters is 1. The number of carbonyl (C=O) groups is 1. The van der Waals surface area contributed by atoms with E-state index < -0.39 is 11.7 Å². The van der Waals surface area contributed by atoms with Gasteiger partial charge in [-0.2, -0.15) is 0 Å². The molecule has 2 aromatic carbocycles. The number of ether oxygens (including phenoxy) is 2. The maximum absolute atomic E-state index is 11.6. The van der Waals surface area contributed by atoms with Gasteiger partial charge < -0.3 is 14.6 Å². The lowest BCUT2D eigenvalue weighted by molar-refractivity contribution is -0.260. The van der Waals surface area contributed by atoms with Crippen LogP contribution in [0.25, 0.3) is 0 Å². The van der Waals surface area contributed by atoms with Crippen LogP contribution < -0.4 is 5.11 Å². The summed E-state index contributed by atoms with van der Waals surface area (Å²) < 4.78 is 9.81. The van der Waals surface area contributed by atoms with Gasteiger partial charge in [-0.05, 0) is 42.0 Å². The highest BCUT2D eigenvalue weighted by Gasteiger charge is 2.04. The molecule has 0 spiro atoms. The molecule has 0 saturated carbocycles. The topological polar surface area (TPSA) is 71.0 Å². The number of nitrogens with zero attached hydrogens (tertiary/aromatic N) is 1. The maximum Gasteiger partial charge on any atom is 0.337 e. The molecule has 5 heteroatoms. The fourth-order valence-electron chi connectivity index (χ4n) is 2.10. The standard InChI is InChI=1S/C22H23NO4/c1-22(2,3)27-21(25)23-15-18-9-7-16(8-10-18)5-6-17-11-13-19(14-12-17)20(24)26-4/h7-14H,15H2,1-4H3,(H,23,25)/p-1. The second-order valence-corrected chi connectivity index (χ2v) is 6.81. The molecular formula is C22H22NO4-. The van der Waals surface area contributed by atoms with Crippen LogP contribution in [-0.4, -0.2) is 24.8 Å². The molecule has 27 heavy (non-hydrogen) atoms. The van der Waals surface area contributed by atoms with Gasteiger partial charge in [0.15, 0.2) is 0 Å². The van der Waals surface area contributed by atoms with Crippen LogP contribution in [0.5, 0.6) is 0 Å². The monoisotopic (exact) mass is 364 g/mol. The fourth-order valence-corrected chi connectivity index (χ4v) is 2.10. The predicted octanol–water partition coefficient (Wildman–Crippen LogP) is 2.90. The van der Waals surface area contributed by atoms with E-state index in [1.165, 1.54) is 7.11 Å². The number of aliphatic imine (C=N–C) groups is 1. The van der Waals surface area contributed by atoms with Gasteiger partial charge in [0, 0.05) is 16.7 Å². The number of hydrogen-bond acceptors (Lipinski definition) is 5. The number of methoxy groups -OCH3 is 1. The Hall–Kier alpha value is -3.26. The van der Waals surface area contributed by atoms with Gasteiger partial charge in [0.1, 0.15) is 6.08 Å². The SMILES string of the molecule is COC(=O)c1ccc(C#Cc2ccc(CN=C([O-])OC(C)(C)C)cc2)cc1. The predicted molar refractivity (Wildman–Crippen MR) is 102 cm³/mol. The van der Waals surface area contributed by atoms with Crippen LogP contribution in [0.2, 0.25) is 0 Å². The molecule has 0 unspecified atom stereocenters. The summed E-state index contributed by atoms with van der Waals surface area (Å²) in [6.45, 7) is 5.67. The van der Waals surface area contributed by atoms with Crippen molar-refractivity contribution in [3.05, 3.63) is 70.8 Å². The van der Waals surface area contributed by atoms with E-state index in [1.807, 2.05) is 24.3 Å². The molecule has 0 amide bonds. The highest BCUT2D eigenvalue weighted by molar-refractivity contribution is 5.89. The first kappa shape index (κ1) is 20.1. The lowest BCUT2D eigenvalue weighted by Gasteiger charge is -2.29. The number of rotatable bonds is 3. The summed E-state index contributed by atoms with van der Waals surface area (Å²) in [5.41, 5.74) is 2.48. The summed E-state index contributed by atoms with van der Waals surface area (Å²) in [6, 6.07) is 14.4.